The van der Waals surface area contributed by atoms with Gasteiger partial charge >= 0.3 is 0 Å². The molecule has 30 heavy (non-hydrogen) atoms. The molecular weight excluding hydrogens is 372 g/mol. The molecule has 5 heteroatoms. The Hall–Kier alpha value is -3.05. The molecule has 3 aliphatic heterocycles. The molecule has 0 aliphatic carbocycles. The van der Waals surface area contributed by atoms with Gasteiger partial charge in [0.05, 0.1) is 11.6 Å². The zero-order valence-corrected chi connectivity index (χ0v) is 16.9. The van der Waals surface area contributed by atoms with Gasteiger partial charge in [-0.3, -0.25) is 19.7 Å². The summed E-state index contributed by atoms with van der Waals surface area (Å²) < 4.78 is 0. The second-order valence-electron chi connectivity index (χ2n) is 8.33. The molecule has 3 aromatic rings. The fourth-order valence-electron chi connectivity index (χ4n) is 5.21. The van der Waals surface area contributed by atoms with Crippen LogP contribution in [-0.2, 0) is 0 Å². The number of aromatic nitrogens is 2. The van der Waals surface area contributed by atoms with Gasteiger partial charge in [0.1, 0.15) is 5.69 Å². The highest BCUT2D eigenvalue weighted by Gasteiger charge is 2.43. The van der Waals surface area contributed by atoms with Crippen molar-refractivity contribution in [2.45, 2.75) is 24.9 Å². The first kappa shape index (κ1) is 18.9. The van der Waals surface area contributed by atoms with Gasteiger partial charge in [-0.05, 0) is 61.1 Å². The summed E-state index contributed by atoms with van der Waals surface area (Å²) in [7, 11) is 0. The van der Waals surface area contributed by atoms with Crippen LogP contribution in [0.5, 0.6) is 0 Å². The van der Waals surface area contributed by atoms with Gasteiger partial charge in [-0.25, -0.2) is 0 Å². The molecule has 1 N–H and O–H groups in total. The van der Waals surface area contributed by atoms with Gasteiger partial charge in [0.25, 0.3) is 5.91 Å². The lowest BCUT2D eigenvalue weighted by atomic mass is 9.73. The molecule has 0 saturated carbocycles. The lowest BCUT2D eigenvalue weighted by Crippen LogP contribution is -2.57. The van der Waals surface area contributed by atoms with E-state index < -0.39 is 0 Å². The SMILES string of the molecule is C=CC1CN2CCC1C[C@H]2C(NC(=O)c1ccccn1)c1ccnc2ccccc12. The topological polar surface area (TPSA) is 58.1 Å². The molecule has 4 unspecified atom stereocenters. The van der Waals surface area contributed by atoms with Gasteiger partial charge in [0.15, 0.2) is 0 Å². The van der Waals surface area contributed by atoms with Gasteiger partial charge in [-0.15, -0.1) is 6.58 Å². The van der Waals surface area contributed by atoms with E-state index in [0.717, 1.165) is 36.0 Å². The van der Waals surface area contributed by atoms with Crippen LogP contribution in [0.25, 0.3) is 10.9 Å². The molecule has 1 aromatic carbocycles. The molecule has 2 bridgehead atoms. The van der Waals surface area contributed by atoms with Crippen molar-refractivity contribution in [3.63, 3.8) is 0 Å². The quantitative estimate of drug-likeness (QED) is 0.660. The number of benzene rings is 1. The second kappa shape index (κ2) is 8.00. The van der Waals surface area contributed by atoms with E-state index >= 15 is 0 Å². The highest BCUT2D eigenvalue weighted by molar-refractivity contribution is 5.93. The number of nitrogens with zero attached hydrogens (tertiary/aromatic N) is 3. The summed E-state index contributed by atoms with van der Waals surface area (Å²) in [5.74, 6) is 1.03. The Morgan fingerprint density at radius 3 is 2.77 bits per heavy atom. The van der Waals surface area contributed by atoms with E-state index in [0.29, 0.717) is 17.5 Å². The summed E-state index contributed by atoms with van der Waals surface area (Å²) in [6.45, 7) is 6.13. The number of para-hydroxylation sites is 1. The zero-order chi connectivity index (χ0) is 20.5. The van der Waals surface area contributed by atoms with Crippen LogP contribution < -0.4 is 5.32 Å². The average molecular weight is 399 g/mol. The van der Waals surface area contributed by atoms with Crippen LogP contribution >= 0.6 is 0 Å². The van der Waals surface area contributed by atoms with Crippen molar-refractivity contribution in [3.05, 3.63) is 84.8 Å². The molecule has 0 radical (unpaired) electrons. The van der Waals surface area contributed by atoms with E-state index in [4.69, 9.17) is 0 Å². The average Bonchev–Trinajstić information content (AvgIpc) is 2.83. The number of carbonyl (C=O) groups excluding carboxylic acids is 1. The number of rotatable bonds is 5. The number of carbonyl (C=O) groups is 1. The molecule has 2 aromatic heterocycles. The molecule has 152 valence electrons. The van der Waals surface area contributed by atoms with Crippen LogP contribution in [0.15, 0.2) is 73.6 Å². The van der Waals surface area contributed by atoms with Gasteiger partial charge < -0.3 is 5.32 Å². The first-order chi connectivity index (χ1) is 14.7. The van der Waals surface area contributed by atoms with Crippen LogP contribution in [0.2, 0.25) is 0 Å². The van der Waals surface area contributed by atoms with E-state index in [1.807, 2.05) is 36.5 Å². The van der Waals surface area contributed by atoms with Crippen LogP contribution in [0.1, 0.15) is 34.9 Å². The molecule has 5 atom stereocenters. The van der Waals surface area contributed by atoms with E-state index in [9.17, 15) is 4.79 Å². The standard InChI is InChI=1S/C25H26N4O/c1-2-17-16-29-14-11-18(17)15-23(29)24(28-25(30)22-9-5-6-12-26-22)20-10-13-27-21-8-4-3-7-19(20)21/h2-10,12-13,17-18,23-24H,1,11,14-16H2,(H,28,30)/t17?,18?,23-,24?/m0/s1. The summed E-state index contributed by atoms with van der Waals surface area (Å²) >= 11 is 0. The van der Waals surface area contributed by atoms with Gasteiger partial charge in [-0.2, -0.15) is 0 Å². The van der Waals surface area contributed by atoms with E-state index in [-0.39, 0.29) is 18.0 Å². The maximum absolute atomic E-state index is 13.1. The maximum atomic E-state index is 13.1. The van der Waals surface area contributed by atoms with Crippen molar-refractivity contribution >= 4 is 16.8 Å². The van der Waals surface area contributed by atoms with Crippen molar-refractivity contribution in [3.8, 4) is 0 Å². The summed E-state index contributed by atoms with van der Waals surface area (Å²) in [6, 6.07) is 15.8. The van der Waals surface area contributed by atoms with Crippen LogP contribution in [0.4, 0.5) is 0 Å². The number of hydrogen-bond donors (Lipinski definition) is 1. The van der Waals surface area contributed by atoms with Crippen molar-refractivity contribution in [2.24, 2.45) is 11.8 Å². The molecule has 3 saturated heterocycles. The van der Waals surface area contributed by atoms with Gasteiger partial charge in [0.2, 0.25) is 0 Å². The van der Waals surface area contributed by atoms with E-state index in [2.05, 4.69) is 45.0 Å². The molecule has 6 rings (SSSR count). The third-order valence-electron chi connectivity index (χ3n) is 6.74. The van der Waals surface area contributed by atoms with Crippen LogP contribution in [0.3, 0.4) is 0 Å². The zero-order valence-electron chi connectivity index (χ0n) is 16.9. The Morgan fingerprint density at radius 2 is 2.00 bits per heavy atom. The minimum atomic E-state index is -0.135. The molecule has 1 amide bonds. The summed E-state index contributed by atoms with van der Waals surface area (Å²) in [6.07, 6.45) is 7.87. The van der Waals surface area contributed by atoms with Crippen molar-refractivity contribution in [1.29, 1.82) is 0 Å². The van der Waals surface area contributed by atoms with Crippen LogP contribution in [-0.4, -0.2) is 39.9 Å². The number of nitrogens with one attached hydrogen (secondary N) is 1. The minimum Gasteiger partial charge on any atom is -0.342 e. The molecule has 0 spiro atoms. The Balaban J connectivity index is 1.54. The third-order valence-corrected chi connectivity index (χ3v) is 6.74. The largest absolute Gasteiger partial charge is 0.342 e. The van der Waals surface area contributed by atoms with Crippen molar-refractivity contribution in [2.75, 3.05) is 13.1 Å². The molecule has 3 fully saturated rings. The summed E-state index contributed by atoms with van der Waals surface area (Å²) in [5.41, 5.74) is 2.52. The highest BCUT2D eigenvalue weighted by Crippen LogP contribution is 2.42. The first-order valence-corrected chi connectivity index (χ1v) is 10.7. The summed E-state index contributed by atoms with van der Waals surface area (Å²) in [5, 5.41) is 4.42. The Morgan fingerprint density at radius 1 is 1.13 bits per heavy atom. The predicted molar refractivity (Wildman–Crippen MR) is 118 cm³/mol. The molecular formula is C25H26N4O. The first-order valence-electron chi connectivity index (χ1n) is 10.7. The predicted octanol–water partition coefficient (Wildman–Crippen LogP) is 4.00. The van der Waals surface area contributed by atoms with E-state index in [1.165, 1.54) is 6.42 Å². The lowest BCUT2D eigenvalue weighted by molar-refractivity contribution is 0.00167. The Kier molecular flexibility index (Phi) is 5.05. The number of fused-ring (bicyclic) bond motifs is 4. The van der Waals surface area contributed by atoms with Crippen LogP contribution in [0, 0.1) is 11.8 Å². The molecule has 5 nitrogen and oxygen atoms in total. The number of hydrogen-bond acceptors (Lipinski definition) is 4. The second-order valence-corrected chi connectivity index (χ2v) is 8.33. The molecule has 5 heterocycles. The van der Waals surface area contributed by atoms with Gasteiger partial charge in [0, 0.05) is 30.4 Å². The number of amides is 1. The van der Waals surface area contributed by atoms with Gasteiger partial charge in [-0.1, -0.05) is 30.3 Å². The third kappa shape index (κ3) is 3.39. The Bertz CT molecular complexity index is 1060. The Labute approximate surface area is 176 Å². The normalized spacial score (nSPS) is 26.3. The molecule has 3 aliphatic rings. The van der Waals surface area contributed by atoms with E-state index in [1.54, 1.807) is 12.3 Å². The van der Waals surface area contributed by atoms with Crippen molar-refractivity contribution in [1.82, 2.24) is 20.2 Å². The lowest BCUT2D eigenvalue weighted by Gasteiger charge is -2.51. The monoisotopic (exact) mass is 398 g/mol. The maximum Gasteiger partial charge on any atom is 0.270 e. The fraction of sp³-hybridized carbons (Fsp3) is 0.320. The van der Waals surface area contributed by atoms with Crippen molar-refractivity contribution < 1.29 is 4.79 Å². The number of piperidine rings is 3. The number of pyridine rings is 2. The summed E-state index contributed by atoms with van der Waals surface area (Å²) in [4.78, 5) is 24.4. The fourth-order valence-corrected chi connectivity index (χ4v) is 5.21. The smallest absolute Gasteiger partial charge is 0.270 e. The highest BCUT2D eigenvalue weighted by atomic mass is 16.2. The minimum absolute atomic E-state index is 0.124.